The van der Waals surface area contributed by atoms with Crippen LogP contribution in [0.1, 0.15) is 10.4 Å². The van der Waals surface area contributed by atoms with Crippen molar-refractivity contribution in [3.05, 3.63) is 40.8 Å². The van der Waals surface area contributed by atoms with Crippen LogP contribution in [0.2, 0.25) is 0 Å². The first-order chi connectivity index (χ1) is 6.81. The van der Waals surface area contributed by atoms with Crippen molar-refractivity contribution in [2.45, 2.75) is 0 Å². The zero-order chi connectivity index (χ0) is 9.97. The minimum Gasteiger partial charge on any atom is -0.298 e. The van der Waals surface area contributed by atoms with E-state index in [9.17, 15) is 4.79 Å². The van der Waals surface area contributed by atoms with Gasteiger partial charge in [0.1, 0.15) is 0 Å². The van der Waals surface area contributed by atoms with Crippen LogP contribution in [0.4, 0.5) is 0 Å². The predicted molar refractivity (Wildman–Crippen MR) is 54.4 cm³/mol. The number of aromatic nitrogens is 3. The zero-order valence-corrected chi connectivity index (χ0v) is 8.68. The van der Waals surface area contributed by atoms with Gasteiger partial charge in [-0.15, -0.1) is 0 Å². The molecule has 0 atom stereocenters. The first kappa shape index (κ1) is 9.08. The van der Waals surface area contributed by atoms with Gasteiger partial charge in [-0.25, -0.2) is 9.67 Å². The third kappa shape index (κ3) is 1.58. The van der Waals surface area contributed by atoms with Crippen LogP contribution < -0.4 is 0 Å². The second-order valence-electron chi connectivity index (χ2n) is 2.63. The summed E-state index contributed by atoms with van der Waals surface area (Å²) < 4.78 is 2.33. The molecule has 2 aromatic heterocycles. The molecule has 2 heterocycles. The minimum atomic E-state index is 0.503. The van der Waals surface area contributed by atoms with Crippen molar-refractivity contribution in [2.24, 2.45) is 0 Å². The molecular weight excluding hydrogens is 246 g/mol. The van der Waals surface area contributed by atoms with Gasteiger partial charge in [0, 0.05) is 23.1 Å². The summed E-state index contributed by atoms with van der Waals surface area (Å²) in [6.07, 6.45) is 5.76. The van der Waals surface area contributed by atoms with Crippen LogP contribution in [0.15, 0.2) is 35.2 Å². The lowest BCUT2D eigenvalue weighted by Crippen LogP contribution is -2.02. The van der Waals surface area contributed by atoms with Gasteiger partial charge in [0.05, 0.1) is 5.56 Å². The molecule has 0 aliphatic heterocycles. The Balaban J connectivity index is 2.58. The lowest BCUT2D eigenvalue weighted by molar-refractivity contribution is 0.112. The Labute approximate surface area is 88.7 Å². The van der Waals surface area contributed by atoms with Gasteiger partial charge in [-0.2, -0.15) is 5.10 Å². The predicted octanol–water partition coefficient (Wildman–Crippen LogP) is 1.84. The quantitative estimate of drug-likeness (QED) is 0.766. The van der Waals surface area contributed by atoms with E-state index in [1.807, 2.05) is 0 Å². The number of hydrogen-bond acceptors (Lipinski definition) is 3. The molecule has 0 saturated heterocycles. The highest BCUT2D eigenvalue weighted by molar-refractivity contribution is 9.10. The third-order valence-corrected chi connectivity index (χ3v) is 2.14. The molecule has 2 rings (SSSR count). The Bertz CT molecular complexity index is 453. The fourth-order valence-corrected chi connectivity index (χ4v) is 1.47. The monoisotopic (exact) mass is 251 g/mol. The van der Waals surface area contributed by atoms with Gasteiger partial charge in [0.15, 0.2) is 12.1 Å². The Morgan fingerprint density at radius 1 is 1.50 bits per heavy atom. The van der Waals surface area contributed by atoms with E-state index in [-0.39, 0.29) is 0 Å². The molecule has 0 saturated carbocycles. The van der Waals surface area contributed by atoms with Crippen LogP contribution in [0.25, 0.3) is 5.82 Å². The third-order valence-electron chi connectivity index (χ3n) is 1.71. The Morgan fingerprint density at radius 2 is 2.36 bits per heavy atom. The standard InChI is InChI=1S/C9H6BrN3O/c10-8-4-7(6-14)9(11-5-8)13-3-1-2-12-13/h1-6H. The molecule has 5 heteroatoms. The van der Waals surface area contributed by atoms with Crippen LogP contribution in [0, 0.1) is 0 Å². The Morgan fingerprint density at radius 3 is 3.00 bits per heavy atom. The van der Waals surface area contributed by atoms with Crippen molar-refractivity contribution in [3.63, 3.8) is 0 Å². The average Bonchev–Trinajstić information content (AvgIpc) is 2.70. The van der Waals surface area contributed by atoms with Gasteiger partial charge in [-0.3, -0.25) is 4.79 Å². The number of hydrogen-bond donors (Lipinski definition) is 0. The summed E-state index contributed by atoms with van der Waals surface area (Å²) in [4.78, 5) is 14.9. The maximum atomic E-state index is 10.8. The summed E-state index contributed by atoms with van der Waals surface area (Å²) >= 11 is 3.25. The van der Waals surface area contributed by atoms with Crippen LogP contribution in [-0.2, 0) is 0 Å². The number of carbonyl (C=O) groups is 1. The highest BCUT2D eigenvalue weighted by atomic mass is 79.9. The summed E-state index contributed by atoms with van der Waals surface area (Å²) in [5.74, 6) is 0.535. The summed E-state index contributed by atoms with van der Waals surface area (Å²) in [5, 5.41) is 4.00. The number of carbonyl (C=O) groups excluding carboxylic acids is 1. The van der Waals surface area contributed by atoms with Crippen molar-refractivity contribution in [1.82, 2.24) is 14.8 Å². The molecular formula is C9H6BrN3O. The van der Waals surface area contributed by atoms with Crippen molar-refractivity contribution < 1.29 is 4.79 Å². The smallest absolute Gasteiger partial charge is 0.163 e. The summed E-state index contributed by atoms with van der Waals surface area (Å²) in [5.41, 5.74) is 0.503. The molecule has 0 aromatic carbocycles. The summed E-state index contributed by atoms with van der Waals surface area (Å²) in [6.45, 7) is 0. The van der Waals surface area contributed by atoms with Gasteiger partial charge in [0.2, 0.25) is 0 Å². The molecule has 0 N–H and O–H groups in total. The van der Waals surface area contributed by atoms with Gasteiger partial charge in [-0.1, -0.05) is 0 Å². The zero-order valence-electron chi connectivity index (χ0n) is 7.09. The van der Waals surface area contributed by atoms with E-state index < -0.39 is 0 Å². The normalized spacial score (nSPS) is 10.1. The van der Waals surface area contributed by atoms with E-state index in [2.05, 4.69) is 26.0 Å². The van der Waals surface area contributed by atoms with Crippen molar-refractivity contribution in [1.29, 1.82) is 0 Å². The molecule has 2 aromatic rings. The van der Waals surface area contributed by atoms with Gasteiger partial charge in [-0.05, 0) is 28.1 Å². The number of nitrogens with zero attached hydrogens (tertiary/aromatic N) is 3. The van der Waals surface area contributed by atoms with E-state index in [0.717, 1.165) is 10.8 Å². The lowest BCUT2D eigenvalue weighted by Gasteiger charge is -2.03. The van der Waals surface area contributed by atoms with Gasteiger partial charge >= 0.3 is 0 Å². The van der Waals surface area contributed by atoms with E-state index in [1.165, 1.54) is 0 Å². The van der Waals surface area contributed by atoms with Gasteiger partial charge < -0.3 is 0 Å². The number of halogens is 1. The van der Waals surface area contributed by atoms with Crippen LogP contribution >= 0.6 is 15.9 Å². The van der Waals surface area contributed by atoms with E-state index in [4.69, 9.17) is 0 Å². The van der Waals surface area contributed by atoms with E-state index in [1.54, 1.807) is 35.4 Å². The van der Waals surface area contributed by atoms with Crippen molar-refractivity contribution in [3.8, 4) is 5.82 Å². The molecule has 70 valence electrons. The Hall–Kier alpha value is -1.49. The van der Waals surface area contributed by atoms with Gasteiger partial charge in [0.25, 0.3) is 0 Å². The van der Waals surface area contributed by atoms with Crippen LogP contribution in [0.5, 0.6) is 0 Å². The Kier molecular flexibility index (Phi) is 2.41. The van der Waals surface area contributed by atoms with Crippen LogP contribution in [-0.4, -0.2) is 21.1 Å². The molecule has 0 aliphatic carbocycles. The van der Waals surface area contributed by atoms with E-state index >= 15 is 0 Å². The summed E-state index contributed by atoms with van der Waals surface area (Å²) in [6, 6.07) is 3.48. The molecule has 0 amide bonds. The topological polar surface area (TPSA) is 47.8 Å². The number of aldehydes is 1. The first-order valence-corrected chi connectivity index (χ1v) is 4.71. The maximum absolute atomic E-state index is 10.8. The average molecular weight is 252 g/mol. The number of rotatable bonds is 2. The molecule has 0 bridgehead atoms. The lowest BCUT2D eigenvalue weighted by atomic mass is 10.3. The first-order valence-electron chi connectivity index (χ1n) is 3.92. The second-order valence-corrected chi connectivity index (χ2v) is 3.55. The molecule has 4 nitrogen and oxygen atoms in total. The van der Waals surface area contributed by atoms with Crippen molar-refractivity contribution in [2.75, 3.05) is 0 Å². The highest BCUT2D eigenvalue weighted by Gasteiger charge is 2.05. The molecule has 0 spiro atoms. The fourth-order valence-electron chi connectivity index (χ4n) is 1.12. The second kappa shape index (κ2) is 3.71. The molecule has 0 unspecified atom stereocenters. The number of pyridine rings is 1. The van der Waals surface area contributed by atoms with E-state index in [0.29, 0.717) is 11.4 Å². The molecule has 0 radical (unpaired) electrons. The van der Waals surface area contributed by atoms with Crippen LogP contribution in [0.3, 0.4) is 0 Å². The maximum Gasteiger partial charge on any atom is 0.163 e. The minimum absolute atomic E-state index is 0.503. The summed E-state index contributed by atoms with van der Waals surface area (Å²) in [7, 11) is 0. The molecule has 0 aliphatic rings. The fraction of sp³-hybridized carbons (Fsp3) is 0. The van der Waals surface area contributed by atoms with Crippen molar-refractivity contribution >= 4 is 22.2 Å². The SMILES string of the molecule is O=Cc1cc(Br)cnc1-n1cccn1. The largest absolute Gasteiger partial charge is 0.298 e. The molecule has 0 fully saturated rings. The molecule has 14 heavy (non-hydrogen) atoms. The highest BCUT2D eigenvalue weighted by Crippen LogP contribution is 2.14.